The molecule has 1 aliphatic rings. The summed E-state index contributed by atoms with van der Waals surface area (Å²) in [6, 6.07) is 3.55. The van der Waals surface area contributed by atoms with E-state index in [2.05, 4.69) is 10.6 Å². The van der Waals surface area contributed by atoms with Gasteiger partial charge in [0.25, 0.3) is 0 Å². The minimum absolute atomic E-state index is 0.0191. The maximum absolute atomic E-state index is 13.6. The number of rotatable bonds is 4. The van der Waals surface area contributed by atoms with Gasteiger partial charge in [-0.1, -0.05) is 0 Å². The summed E-state index contributed by atoms with van der Waals surface area (Å²) in [6.45, 7) is 2.06. The SMILES string of the molecule is CNC1CCCN(S(=O)(=O)c2ccc(F)c(NC(C)=O)c2)C1. The highest BCUT2D eigenvalue weighted by molar-refractivity contribution is 7.89. The number of carbonyl (C=O) groups excluding carboxylic acids is 1. The second-order valence-electron chi connectivity index (χ2n) is 5.31. The number of nitrogens with zero attached hydrogens (tertiary/aromatic N) is 1. The first-order valence-electron chi connectivity index (χ1n) is 7.09. The lowest BCUT2D eigenvalue weighted by Gasteiger charge is -2.31. The van der Waals surface area contributed by atoms with E-state index in [0.717, 1.165) is 25.0 Å². The Labute approximate surface area is 129 Å². The average molecular weight is 329 g/mol. The molecule has 0 aromatic heterocycles. The normalized spacial score (nSPS) is 19.9. The Morgan fingerprint density at radius 2 is 2.14 bits per heavy atom. The molecule has 1 aromatic carbocycles. The monoisotopic (exact) mass is 329 g/mol. The zero-order valence-corrected chi connectivity index (χ0v) is 13.4. The first-order chi connectivity index (χ1) is 10.3. The lowest BCUT2D eigenvalue weighted by Crippen LogP contribution is -2.46. The maximum Gasteiger partial charge on any atom is 0.243 e. The zero-order chi connectivity index (χ0) is 16.3. The van der Waals surface area contributed by atoms with E-state index in [9.17, 15) is 17.6 Å². The van der Waals surface area contributed by atoms with Crippen LogP contribution in [0.15, 0.2) is 23.1 Å². The Morgan fingerprint density at radius 1 is 1.41 bits per heavy atom. The van der Waals surface area contributed by atoms with Crippen molar-refractivity contribution in [2.45, 2.75) is 30.7 Å². The van der Waals surface area contributed by atoms with E-state index in [1.807, 2.05) is 0 Å². The number of amides is 1. The Morgan fingerprint density at radius 3 is 2.77 bits per heavy atom. The van der Waals surface area contributed by atoms with Crippen molar-refractivity contribution >= 4 is 21.6 Å². The molecule has 0 saturated carbocycles. The van der Waals surface area contributed by atoms with Crippen molar-refractivity contribution in [2.24, 2.45) is 0 Å². The molecule has 6 nitrogen and oxygen atoms in total. The number of hydrogen-bond donors (Lipinski definition) is 2. The fourth-order valence-corrected chi connectivity index (χ4v) is 4.05. The number of sulfonamides is 1. The predicted octanol–water partition coefficient (Wildman–Crippen LogP) is 1.16. The lowest BCUT2D eigenvalue weighted by atomic mass is 10.1. The van der Waals surface area contributed by atoms with Gasteiger partial charge < -0.3 is 10.6 Å². The van der Waals surface area contributed by atoms with Gasteiger partial charge in [0.2, 0.25) is 15.9 Å². The number of halogens is 1. The first kappa shape index (κ1) is 16.9. The highest BCUT2D eigenvalue weighted by Gasteiger charge is 2.30. The van der Waals surface area contributed by atoms with Gasteiger partial charge in [-0.25, -0.2) is 12.8 Å². The number of carbonyl (C=O) groups is 1. The highest BCUT2D eigenvalue weighted by Crippen LogP contribution is 2.24. The van der Waals surface area contributed by atoms with Gasteiger partial charge >= 0.3 is 0 Å². The molecule has 2 rings (SSSR count). The molecular weight excluding hydrogens is 309 g/mol. The molecule has 1 aliphatic heterocycles. The number of likely N-dealkylation sites (N-methyl/N-ethyl adjacent to an activating group) is 1. The van der Waals surface area contributed by atoms with E-state index in [0.29, 0.717) is 13.1 Å². The molecule has 0 spiro atoms. The number of piperidine rings is 1. The van der Waals surface area contributed by atoms with E-state index < -0.39 is 21.7 Å². The largest absolute Gasteiger partial charge is 0.324 e. The smallest absolute Gasteiger partial charge is 0.243 e. The third-order valence-electron chi connectivity index (χ3n) is 3.68. The molecule has 8 heteroatoms. The summed E-state index contributed by atoms with van der Waals surface area (Å²) in [4.78, 5) is 11.0. The summed E-state index contributed by atoms with van der Waals surface area (Å²) >= 11 is 0. The van der Waals surface area contributed by atoms with Gasteiger partial charge in [-0.2, -0.15) is 4.31 Å². The van der Waals surface area contributed by atoms with Crippen molar-refractivity contribution in [3.05, 3.63) is 24.0 Å². The molecule has 1 atom stereocenters. The van der Waals surface area contributed by atoms with E-state index in [1.165, 1.54) is 17.3 Å². The molecule has 2 N–H and O–H groups in total. The fourth-order valence-electron chi connectivity index (χ4n) is 2.50. The van der Waals surface area contributed by atoms with Gasteiger partial charge in [0.1, 0.15) is 5.82 Å². The minimum atomic E-state index is -3.70. The molecule has 1 aromatic rings. The highest BCUT2D eigenvalue weighted by atomic mass is 32.2. The van der Waals surface area contributed by atoms with Crippen molar-refractivity contribution in [3.63, 3.8) is 0 Å². The van der Waals surface area contributed by atoms with Crippen molar-refractivity contribution < 1.29 is 17.6 Å². The summed E-state index contributed by atoms with van der Waals surface area (Å²) < 4.78 is 40.4. The number of hydrogen-bond acceptors (Lipinski definition) is 4. The van der Waals surface area contributed by atoms with E-state index in [4.69, 9.17) is 0 Å². The van der Waals surface area contributed by atoms with E-state index >= 15 is 0 Å². The van der Waals surface area contributed by atoms with Crippen LogP contribution in [0.2, 0.25) is 0 Å². The van der Waals surface area contributed by atoms with Gasteiger partial charge in [0.15, 0.2) is 0 Å². The molecule has 1 saturated heterocycles. The third kappa shape index (κ3) is 3.63. The van der Waals surface area contributed by atoms with Crippen LogP contribution in [0.3, 0.4) is 0 Å². The van der Waals surface area contributed by atoms with Crippen LogP contribution in [0.5, 0.6) is 0 Å². The van der Waals surface area contributed by atoms with Gasteiger partial charge in [-0.05, 0) is 38.1 Å². The number of benzene rings is 1. The standard InChI is InChI=1S/C14H20FN3O3S/c1-10(19)17-14-8-12(5-6-13(14)15)22(20,21)18-7-3-4-11(9-18)16-2/h5-6,8,11,16H,3-4,7,9H2,1-2H3,(H,17,19). The molecule has 1 unspecified atom stereocenters. The molecule has 0 radical (unpaired) electrons. The Hall–Kier alpha value is -1.51. The molecule has 22 heavy (non-hydrogen) atoms. The van der Waals surface area contributed by atoms with Crippen LogP contribution < -0.4 is 10.6 Å². The fraction of sp³-hybridized carbons (Fsp3) is 0.500. The van der Waals surface area contributed by atoms with E-state index in [-0.39, 0.29) is 16.6 Å². The van der Waals surface area contributed by atoms with Gasteiger partial charge in [0, 0.05) is 26.1 Å². The molecule has 1 heterocycles. The zero-order valence-electron chi connectivity index (χ0n) is 12.6. The van der Waals surface area contributed by atoms with Crippen LogP contribution >= 0.6 is 0 Å². The Balaban J connectivity index is 2.31. The molecule has 1 fully saturated rings. The summed E-state index contributed by atoms with van der Waals surface area (Å²) in [5, 5.41) is 5.38. The van der Waals surface area contributed by atoms with Crippen LogP contribution in [-0.2, 0) is 14.8 Å². The van der Waals surface area contributed by atoms with Gasteiger partial charge in [-0.15, -0.1) is 0 Å². The average Bonchev–Trinajstić information content (AvgIpc) is 2.49. The molecule has 1 amide bonds. The minimum Gasteiger partial charge on any atom is -0.324 e. The van der Waals surface area contributed by atoms with E-state index in [1.54, 1.807) is 7.05 Å². The maximum atomic E-state index is 13.6. The molecular formula is C14H20FN3O3S. The Bertz CT molecular complexity index is 663. The van der Waals surface area contributed by atoms with Crippen LogP contribution in [0.1, 0.15) is 19.8 Å². The van der Waals surface area contributed by atoms with Crippen LogP contribution in [0, 0.1) is 5.82 Å². The second-order valence-corrected chi connectivity index (χ2v) is 7.25. The lowest BCUT2D eigenvalue weighted by molar-refractivity contribution is -0.114. The number of nitrogens with one attached hydrogen (secondary N) is 2. The van der Waals surface area contributed by atoms with Crippen LogP contribution in [-0.4, -0.2) is 44.8 Å². The summed E-state index contributed by atoms with van der Waals surface area (Å²) in [7, 11) is -1.91. The number of anilines is 1. The summed E-state index contributed by atoms with van der Waals surface area (Å²) in [6.07, 6.45) is 1.69. The summed E-state index contributed by atoms with van der Waals surface area (Å²) in [5.41, 5.74) is -0.129. The van der Waals surface area contributed by atoms with Crippen molar-refractivity contribution in [1.82, 2.24) is 9.62 Å². The predicted molar refractivity (Wildman–Crippen MR) is 81.5 cm³/mol. The molecule has 0 bridgehead atoms. The molecule has 122 valence electrons. The Kier molecular flexibility index (Phi) is 5.15. The van der Waals surface area contributed by atoms with Crippen molar-refractivity contribution in [3.8, 4) is 0 Å². The molecule has 0 aliphatic carbocycles. The van der Waals surface area contributed by atoms with Crippen LogP contribution in [0.25, 0.3) is 0 Å². The van der Waals surface area contributed by atoms with Gasteiger partial charge in [0.05, 0.1) is 10.6 Å². The summed E-state index contributed by atoms with van der Waals surface area (Å²) in [5.74, 6) is -1.12. The van der Waals surface area contributed by atoms with Crippen molar-refractivity contribution in [2.75, 3.05) is 25.5 Å². The topological polar surface area (TPSA) is 78.5 Å². The van der Waals surface area contributed by atoms with Crippen LogP contribution in [0.4, 0.5) is 10.1 Å². The second kappa shape index (κ2) is 6.72. The quantitative estimate of drug-likeness (QED) is 0.869. The van der Waals surface area contributed by atoms with Crippen molar-refractivity contribution in [1.29, 1.82) is 0 Å². The first-order valence-corrected chi connectivity index (χ1v) is 8.53. The third-order valence-corrected chi connectivity index (χ3v) is 5.54. The van der Waals surface area contributed by atoms with Gasteiger partial charge in [-0.3, -0.25) is 4.79 Å².